The molecule has 2 heterocycles. The lowest BCUT2D eigenvalue weighted by atomic mass is 10.2. The monoisotopic (exact) mass is 393 g/mol. The summed E-state index contributed by atoms with van der Waals surface area (Å²) in [5.74, 6) is -0.346. The summed E-state index contributed by atoms with van der Waals surface area (Å²) in [6, 6.07) is 7.05. The van der Waals surface area contributed by atoms with Crippen molar-refractivity contribution in [2.45, 2.75) is 45.6 Å². The van der Waals surface area contributed by atoms with E-state index >= 15 is 0 Å². The first-order valence-corrected chi connectivity index (χ1v) is 9.77. The summed E-state index contributed by atoms with van der Waals surface area (Å²) in [5, 5.41) is 7.10. The fraction of sp³-hybridized carbons (Fsp3) is 0.381. The van der Waals surface area contributed by atoms with Crippen molar-refractivity contribution < 1.29 is 14.3 Å². The number of carbonyl (C=O) groups excluding carboxylic acids is 2. The Balaban J connectivity index is 1.38. The Bertz CT molecular complexity index is 1070. The van der Waals surface area contributed by atoms with Gasteiger partial charge < -0.3 is 10.1 Å². The Morgan fingerprint density at radius 2 is 1.83 bits per heavy atom. The van der Waals surface area contributed by atoms with Crippen LogP contribution in [0.15, 0.2) is 30.5 Å². The van der Waals surface area contributed by atoms with E-state index in [0.717, 1.165) is 24.2 Å². The van der Waals surface area contributed by atoms with Crippen LogP contribution in [0.1, 0.15) is 53.5 Å². The largest absolute Gasteiger partial charge is 0.452 e. The molecule has 29 heavy (non-hydrogen) atoms. The van der Waals surface area contributed by atoms with Crippen LogP contribution in [0.3, 0.4) is 0 Å². The van der Waals surface area contributed by atoms with Crippen LogP contribution >= 0.6 is 0 Å². The molecule has 4 rings (SSSR count). The van der Waals surface area contributed by atoms with E-state index < -0.39 is 11.9 Å². The molecule has 1 N–H and O–H groups in total. The van der Waals surface area contributed by atoms with Crippen molar-refractivity contribution in [3.05, 3.63) is 47.4 Å². The molecular weight excluding hydrogens is 370 g/mol. The van der Waals surface area contributed by atoms with Gasteiger partial charge in [-0.3, -0.25) is 4.79 Å². The topological polar surface area (TPSA) is 99.0 Å². The summed E-state index contributed by atoms with van der Waals surface area (Å²) < 4.78 is 7.02. The van der Waals surface area contributed by atoms with Crippen LogP contribution in [0, 0.1) is 13.8 Å². The first-order chi connectivity index (χ1) is 14.0. The number of aromatic nitrogens is 4. The maximum atomic E-state index is 12.4. The standard InChI is InChI=1S/C21H23N5O3/c1-13-14(2)24-18-11-15(7-8-17(18)23-13)21(28)29-12-20(27)25-19-9-10-22-26(19)16-5-3-4-6-16/h7-11,16H,3-6,12H2,1-2H3,(H,25,27). The normalized spacial score (nSPS) is 14.3. The van der Waals surface area contributed by atoms with Crippen molar-refractivity contribution in [1.82, 2.24) is 19.7 Å². The lowest BCUT2D eigenvalue weighted by molar-refractivity contribution is -0.119. The second kappa shape index (κ2) is 7.98. The maximum Gasteiger partial charge on any atom is 0.338 e. The lowest BCUT2D eigenvalue weighted by Crippen LogP contribution is -2.23. The van der Waals surface area contributed by atoms with Crippen LogP contribution in [0.5, 0.6) is 0 Å². The molecule has 0 saturated heterocycles. The fourth-order valence-corrected chi connectivity index (χ4v) is 3.60. The number of hydrogen-bond acceptors (Lipinski definition) is 6. The van der Waals surface area contributed by atoms with E-state index in [1.54, 1.807) is 30.5 Å². The van der Waals surface area contributed by atoms with E-state index in [1.165, 1.54) is 12.8 Å². The predicted octanol–water partition coefficient (Wildman–Crippen LogP) is 3.35. The van der Waals surface area contributed by atoms with Gasteiger partial charge in [-0.1, -0.05) is 12.8 Å². The van der Waals surface area contributed by atoms with Crippen molar-refractivity contribution >= 4 is 28.7 Å². The van der Waals surface area contributed by atoms with Crippen LogP contribution < -0.4 is 5.32 Å². The van der Waals surface area contributed by atoms with Gasteiger partial charge in [0.1, 0.15) is 5.82 Å². The summed E-state index contributed by atoms with van der Waals surface area (Å²) in [4.78, 5) is 33.5. The molecule has 0 atom stereocenters. The molecule has 0 aliphatic heterocycles. The number of ether oxygens (including phenoxy) is 1. The first-order valence-electron chi connectivity index (χ1n) is 9.77. The van der Waals surface area contributed by atoms with Gasteiger partial charge in [0.25, 0.3) is 5.91 Å². The van der Waals surface area contributed by atoms with E-state index in [0.29, 0.717) is 28.5 Å². The zero-order chi connectivity index (χ0) is 20.4. The highest BCUT2D eigenvalue weighted by Gasteiger charge is 2.21. The highest BCUT2D eigenvalue weighted by molar-refractivity contribution is 5.96. The summed E-state index contributed by atoms with van der Waals surface area (Å²) in [7, 11) is 0. The third kappa shape index (κ3) is 4.11. The number of nitrogens with zero attached hydrogens (tertiary/aromatic N) is 4. The number of esters is 1. The van der Waals surface area contributed by atoms with Gasteiger partial charge in [0.15, 0.2) is 6.61 Å². The SMILES string of the molecule is Cc1nc2ccc(C(=O)OCC(=O)Nc3ccnn3C3CCCC3)cc2nc1C. The highest BCUT2D eigenvalue weighted by atomic mass is 16.5. The summed E-state index contributed by atoms with van der Waals surface area (Å²) in [6.45, 7) is 3.39. The van der Waals surface area contributed by atoms with E-state index in [1.807, 2.05) is 18.5 Å². The maximum absolute atomic E-state index is 12.4. The van der Waals surface area contributed by atoms with Gasteiger partial charge in [-0.05, 0) is 44.9 Å². The van der Waals surface area contributed by atoms with E-state index in [2.05, 4.69) is 20.4 Å². The van der Waals surface area contributed by atoms with Gasteiger partial charge in [0.05, 0.1) is 40.2 Å². The van der Waals surface area contributed by atoms with Crippen LogP contribution in [0.2, 0.25) is 0 Å². The first kappa shape index (κ1) is 19.0. The number of amides is 1. The molecule has 0 bridgehead atoms. The van der Waals surface area contributed by atoms with Crippen molar-refractivity contribution in [3.63, 3.8) is 0 Å². The lowest BCUT2D eigenvalue weighted by Gasteiger charge is -2.14. The number of benzene rings is 1. The highest BCUT2D eigenvalue weighted by Crippen LogP contribution is 2.31. The number of aryl methyl sites for hydroxylation is 2. The van der Waals surface area contributed by atoms with Gasteiger partial charge in [0, 0.05) is 6.07 Å². The number of fused-ring (bicyclic) bond motifs is 1. The molecule has 3 aromatic rings. The Hall–Kier alpha value is -3.29. The smallest absolute Gasteiger partial charge is 0.338 e. The van der Waals surface area contributed by atoms with Gasteiger partial charge >= 0.3 is 5.97 Å². The van der Waals surface area contributed by atoms with E-state index in [-0.39, 0.29) is 6.61 Å². The van der Waals surface area contributed by atoms with Gasteiger partial charge in [-0.25, -0.2) is 19.4 Å². The summed E-state index contributed by atoms with van der Waals surface area (Å²) >= 11 is 0. The molecule has 150 valence electrons. The van der Waals surface area contributed by atoms with Crippen LogP contribution in [-0.2, 0) is 9.53 Å². The summed E-state index contributed by atoms with van der Waals surface area (Å²) in [6.07, 6.45) is 6.13. The van der Waals surface area contributed by atoms with Crippen molar-refractivity contribution in [1.29, 1.82) is 0 Å². The van der Waals surface area contributed by atoms with Crippen LogP contribution in [-0.4, -0.2) is 38.2 Å². The molecule has 1 saturated carbocycles. The molecule has 1 amide bonds. The Morgan fingerprint density at radius 1 is 1.10 bits per heavy atom. The number of anilines is 1. The van der Waals surface area contributed by atoms with E-state index in [4.69, 9.17) is 4.74 Å². The molecule has 1 aliphatic rings. The average Bonchev–Trinajstić information content (AvgIpc) is 3.38. The molecule has 1 aromatic carbocycles. The van der Waals surface area contributed by atoms with Crippen LogP contribution in [0.25, 0.3) is 11.0 Å². The molecule has 8 nitrogen and oxygen atoms in total. The van der Waals surface area contributed by atoms with Gasteiger partial charge in [-0.2, -0.15) is 5.10 Å². The summed E-state index contributed by atoms with van der Waals surface area (Å²) in [5.41, 5.74) is 3.32. The molecule has 2 aromatic heterocycles. The van der Waals surface area contributed by atoms with Crippen LogP contribution in [0.4, 0.5) is 5.82 Å². The second-order valence-electron chi connectivity index (χ2n) is 7.32. The zero-order valence-electron chi connectivity index (χ0n) is 16.5. The molecule has 1 aliphatic carbocycles. The number of carbonyl (C=O) groups is 2. The minimum absolute atomic E-state index is 0.314. The number of nitrogens with one attached hydrogen (secondary N) is 1. The third-order valence-electron chi connectivity index (χ3n) is 5.25. The Kier molecular flexibility index (Phi) is 5.24. The second-order valence-corrected chi connectivity index (χ2v) is 7.32. The van der Waals surface area contributed by atoms with Crippen molar-refractivity contribution in [2.24, 2.45) is 0 Å². The third-order valence-corrected chi connectivity index (χ3v) is 5.25. The molecule has 0 spiro atoms. The minimum atomic E-state index is -0.577. The molecular formula is C21H23N5O3. The molecule has 1 fully saturated rings. The fourth-order valence-electron chi connectivity index (χ4n) is 3.60. The number of rotatable bonds is 5. The van der Waals surface area contributed by atoms with Crippen molar-refractivity contribution in [3.8, 4) is 0 Å². The Labute approximate surface area is 168 Å². The van der Waals surface area contributed by atoms with Gasteiger partial charge in [-0.15, -0.1) is 0 Å². The average molecular weight is 393 g/mol. The quantitative estimate of drug-likeness (QED) is 0.668. The zero-order valence-corrected chi connectivity index (χ0v) is 16.5. The van der Waals surface area contributed by atoms with E-state index in [9.17, 15) is 9.59 Å². The predicted molar refractivity (Wildman–Crippen MR) is 108 cm³/mol. The number of hydrogen-bond donors (Lipinski definition) is 1. The minimum Gasteiger partial charge on any atom is -0.452 e. The Morgan fingerprint density at radius 3 is 2.59 bits per heavy atom. The van der Waals surface area contributed by atoms with Gasteiger partial charge in [0.2, 0.25) is 0 Å². The van der Waals surface area contributed by atoms with Crippen molar-refractivity contribution in [2.75, 3.05) is 11.9 Å². The molecule has 8 heteroatoms. The molecule has 0 radical (unpaired) electrons. The molecule has 0 unspecified atom stereocenters.